The molecule has 3 heterocycles. The lowest BCUT2D eigenvalue weighted by molar-refractivity contribution is -0.136. The molecule has 0 spiro atoms. The summed E-state index contributed by atoms with van der Waals surface area (Å²) in [5.41, 5.74) is 2.54. The van der Waals surface area contributed by atoms with Gasteiger partial charge < -0.3 is 15.0 Å². The van der Waals surface area contributed by atoms with Crippen molar-refractivity contribution in [3.8, 4) is 5.75 Å². The summed E-state index contributed by atoms with van der Waals surface area (Å²) in [6, 6.07) is 15.0. The smallest absolute Gasteiger partial charge is 0.255 e. The van der Waals surface area contributed by atoms with E-state index in [1.807, 2.05) is 24.3 Å². The van der Waals surface area contributed by atoms with Crippen LogP contribution in [0.15, 0.2) is 48.5 Å². The fraction of sp³-hybridized carbons (Fsp3) is 0.444. The standard InChI is InChI=1S/C27H31FN4O4/c28-11-13-31-12-10-22(29-15-18-4-2-1-3-5-18)24(17-31)36-20-6-7-21-19(14-20)16-32(27(21)35)23-8-9-25(33)30-26(23)34/h1-7,14,22-24,29H,8-13,15-17H2,(H,30,33,34)/t22-,23?,24-/m0/s1. The Balaban J connectivity index is 1.28. The number of carbonyl (C=O) groups excluding carboxylic acids is 3. The van der Waals surface area contributed by atoms with Crippen molar-refractivity contribution < 1.29 is 23.5 Å². The number of hydrogen-bond acceptors (Lipinski definition) is 6. The summed E-state index contributed by atoms with van der Waals surface area (Å²) in [6.07, 6.45) is 1.20. The normalized spacial score (nSPS) is 24.5. The second-order valence-electron chi connectivity index (χ2n) is 9.63. The zero-order chi connectivity index (χ0) is 25.1. The Morgan fingerprint density at radius 3 is 2.69 bits per heavy atom. The van der Waals surface area contributed by atoms with E-state index in [-0.39, 0.29) is 30.4 Å². The van der Waals surface area contributed by atoms with E-state index < -0.39 is 18.6 Å². The highest BCUT2D eigenvalue weighted by molar-refractivity contribution is 6.05. The van der Waals surface area contributed by atoms with Crippen molar-refractivity contribution >= 4 is 17.7 Å². The fourth-order valence-corrected chi connectivity index (χ4v) is 5.30. The van der Waals surface area contributed by atoms with Crippen LogP contribution >= 0.6 is 0 Å². The van der Waals surface area contributed by atoms with Crippen LogP contribution in [0, 0.1) is 0 Å². The molecule has 3 aliphatic heterocycles. The largest absolute Gasteiger partial charge is 0.487 e. The van der Waals surface area contributed by atoms with Crippen molar-refractivity contribution in [2.45, 2.75) is 50.5 Å². The predicted octanol–water partition coefficient (Wildman–Crippen LogP) is 2.03. The number of nitrogens with zero attached hydrogens (tertiary/aromatic N) is 2. The van der Waals surface area contributed by atoms with E-state index in [0.717, 1.165) is 18.5 Å². The van der Waals surface area contributed by atoms with Crippen LogP contribution in [0.2, 0.25) is 0 Å². The number of benzene rings is 2. The molecule has 2 aromatic carbocycles. The highest BCUT2D eigenvalue weighted by Gasteiger charge is 2.39. The van der Waals surface area contributed by atoms with E-state index in [2.05, 4.69) is 27.7 Å². The predicted molar refractivity (Wildman–Crippen MR) is 131 cm³/mol. The second kappa shape index (κ2) is 10.8. The van der Waals surface area contributed by atoms with Gasteiger partial charge in [-0.25, -0.2) is 4.39 Å². The summed E-state index contributed by atoms with van der Waals surface area (Å²) in [5, 5.41) is 5.94. The number of amides is 3. The molecule has 3 aliphatic rings. The summed E-state index contributed by atoms with van der Waals surface area (Å²) in [7, 11) is 0. The Kier molecular flexibility index (Phi) is 7.29. The zero-order valence-corrected chi connectivity index (χ0v) is 20.1. The van der Waals surface area contributed by atoms with Crippen LogP contribution in [-0.4, -0.2) is 72.0 Å². The van der Waals surface area contributed by atoms with Gasteiger partial charge in [0.1, 0.15) is 24.6 Å². The molecule has 36 heavy (non-hydrogen) atoms. The fourth-order valence-electron chi connectivity index (χ4n) is 5.30. The number of alkyl halides is 1. The Morgan fingerprint density at radius 2 is 1.92 bits per heavy atom. The molecule has 9 heteroatoms. The Bertz CT molecular complexity index is 1130. The Hall–Kier alpha value is -3.30. The van der Waals surface area contributed by atoms with Crippen molar-refractivity contribution in [3.05, 3.63) is 65.2 Å². The van der Waals surface area contributed by atoms with Crippen LogP contribution in [0.1, 0.15) is 40.7 Å². The highest BCUT2D eigenvalue weighted by Crippen LogP contribution is 2.31. The molecule has 0 aromatic heterocycles. The number of ether oxygens (including phenoxy) is 1. The number of likely N-dealkylation sites (tertiary alicyclic amines) is 1. The van der Waals surface area contributed by atoms with Crippen LogP contribution < -0.4 is 15.4 Å². The molecule has 2 saturated heterocycles. The molecular weight excluding hydrogens is 463 g/mol. The summed E-state index contributed by atoms with van der Waals surface area (Å²) in [4.78, 5) is 40.4. The summed E-state index contributed by atoms with van der Waals surface area (Å²) < 4.78 is 19.5. The first-order chi connectivity index (χ1) is 17.5. The number of carbonyl (C=O) groups is 3. The molecule has 1 unspecified atom stereocenters. The molecule has 0 aliphatic carbocycles. The number of hydrogen-bond donors (Lipinski definition) is 2. The second-order valence-corrected chi connectivity index (χ2v) is 9.63. The summed E-state index contributed by atoms with van der Waals surface area (Å²) in [5.74, 6) is -0.294. The van der Waals surface area contributed by atoms with Crippen LogP contribution in [0.3, 0.4) is 0 Å². The third-order valence-corrected chi connectivity index (χ3v) is 7.24. The van der Waals surface area contributed by atoms with Gasteiger partial charge in [0.2, 0.25) is 11.8 Å². The van der Waals surface area contributed by atoms with Gasteiger partial charge in [0, 0.05) is 50.7 Å². The number of fused-ring (bicyclic) bond motifs is 1. The Labute approximate surface area is 209 Å². The van der Waals surface area contributed by atoms with Crippen molar-refractivity contribution in [2.24, 2.45) is 0 Å². The maximum absolute atomic E-state index is 13.0. The first kappa shape index (κ1) is 24.4. The van der Waals surface area contributed by atoms with Gasteiger partial charge in [-0.2, -0.15) is 0 Å². The SMILES string of the molecule is O=C1CCC(N2Cc3cc(O[C@H]4CN(CCF)CC[C@@H]4NCc4ccccc4)ccc3C2=O)C(=O)N1. The molecule has 0 radical (unpaired) electrons. The van der Waals surface area contributed by atoms with E-state index in [0.29, 0.717) is 43.9 Å². The van der Waals surface area contributed by atoms with Gasteiger partial charge in [0.05, 0.1) is 0 Å². The van der Waals surface area contributed by atoms with Crippen LogP contribution in [0.5, 0.6) is 5.75 Å². The minimum atomic E-state index is -0.647. The van der Waals surface area contributed by atoms with Gasteiger partial charge in [-0.05, 0) is 42.2 Å². The molecule has 8 nitrogen and oxygen atoms in total. The quantitative estimate of drug-likeness (QED) is 0.546. The van der Waals surface area contributed by atoms with Gasteiger partial charge in [-0.1, -0.05) is 30.3 Å². The van der Waals surface area contributed by atoms with E-state index in [1.54, 1.807) is 12.1 Å². The van der Waals surface area contributed by atoms with Gasteiger partial charge in [-0.3, -0.25) is 24.6 Å². The molecule has 2 fully saturated rings. The first-order valence-corrected chi connectivity index (χ1v) is 12.5. The number of nitrogens with one attached hydrogen (secondary N) is 2. The third-order valence-electron chi connectivity index (χ3n) is 7.24. The van der Waals surface area contributed by atoms with Gasteiger partial charge in [0.15, 0.2) is 0 Å². The molecule has 3 atom stereocenters. The monoisotopic (exact) mass is 494 g/mol. The van der Waals surface area contributed by atoms with Gasteiger partial charge in [-0.15, -0.1) is 0 Å². The highest BCUT2D eigenvalue weighted by atomic mass is 19.1. The van der Waals surface area contributed by atoms with E-state index >= 15 is 0 Å². The molecule has 190 valence electrons. The summed E-state index contributed by atoms with van der Waals surface area (Å²) >= 11 is 0. The van der Waals surface area contributed by atoms with Crippen molar-refractivity contribution in [3.63, 3.8) is 0 Å². The van der Waals surface area contributed by atoms with E-state index in [9.17, 15) is 18.8 Å². The lowest BCUT2D eigenvalue weighted by Gasteiger charge is -2.38. The molecule has 0 bridgehead atoms. The number of halogens is 1. The molecule has 2 aromatic rings. The third kappa shape index (κ3) is 5.27. The maximum atomic E-state index is 13.0. The van der Waals surface area contributed by atoms with E-state index in [1.165, 1.54) is 10.5 Å². The molecule has 5 rings (SSSR count). The van der Waals surface area contributed by atoms with E-state index in [4.69, 9.17) is 4.74 Å². The lowest BCUT2D eigenvalue weighted by Crippen LogP contribution is -2.55. The van der Waals surface area contributed by atoms with Crippen molar-refractivity contribution in [1.29, 1.82) is 0 Å². The van der Waals surface area contributed by atoms with Crippen LogP contribution in [-0.2, 0) is 22.7 Å². The molecule has 0 saturated carbocycles. The zero-order valence-electron chi connectivity index (χ0n) is 20.1. The average molecular weight is 495 g/mol. The van der Waals surface area contributed by atoms with Gasteiger partial charge in [0.25, 0.3) is 5.91 Å². The summed E-state index contributed by atoms with van der Waals surface area (Å²) in [6.45, 7) is 2.40. The van der Waals surface area contributed by atoms with Crippen LogP contribution in [0.4, 0.5) is 4.39 Å². The first-order valence-electron chi connectivity index (χ1n) is 12.5. The number of rotatable bonds is 8. The molecule has 3 amide bonds. The van der Waals surface area contributed by atoms with Gasteiger partial charge >= 0.3 is 0 Å². The van der Waals surface area contributed by atoms with Crippen molar-refractivity contribution in [1.82, 2.24) is 20.4 Å². The minimum Gasteiger partial charge on any atom is -0.487 e. The average Bonchev–Trinajstić information content (AvgIpc) is 3.20. The number of imide groups is 1. The lowest BCUT2D eigenvalue weighted by atomic mass is 10.0. The van der Waals surface area contributed by atoms with Crippen LogP contribution in [0.25, 0.3) is 0 Å². The number of piperidine rings is 2. The topological polar surface area (TPSA) is 91.0 Å². The molecular formula is C27H31FN4O4. The maximum Gasteiger partial charge on any atom is 0.255 e. The Morgan fingerprint density at radius 1 is 1.08 bits per heavy atom. The minimum absolute atomic E-state index is 0.0934. The van der Waals surface area contributed by atoms with Crippen molar-refractivity contribution in [2.75, 3.05) is 26.3 Å². The molecule has 2 N–H and O–H groups in total.